The van der Waals surface area contributed by atoms with Crippen LogP contribution in [0.1, 0.15) is 63.1 Å². The minimum Gasteiger partial charge on any atom is -0.459 e. The summed E-state index contributed by atoms with van der Waals surface area (Å²) in [5.41, 5.74) is 2.59. The van der Waals surface area contributed by atoms with Crippen LogP contribution in [0.5, 0.6) is 0 Å². The molecule has 8 nitrogen and oxygen atoms in total. The van der Waals surface area contributed by atoms with E-state index in [1.54, 1.807) is 17.6 Å². The molecule has 0 unspecified atom stereocenters. The summed E-state index contributed by atoms with van der Waals surface area (Å²) in [7, 11) is 0. The number of carbonyl (C=O) groups is 3. The van der Waals surface area contributed by atoms with Gasteiger partial charge in [-0.25, -0.2) is 15.5 Å². The number of hydroxylamine groups is 1. The molecule has 0 fully saturated rings. The minimum atomic E-state index is -1.14. The minimum absolute atomic E-state index is 0.00277. The molecule has 0 aliphatic rings. The van der Waals surface area contributed by atoms with Gasteiger partial charge >= 0.3 is 5.91 Å². The number of benzene rings is 1. The van der Waals surface area contributed by atoms with Gasteiger partial charge in [0.1, 0.15) is 6.04 Å². The molecule has 0 spiro atoms. The van der Waals surface area contributed by atoms with Gasteiger partial charge in [-0.05, 0) is 42.4 Å². The van der Waals surface area contributed by atoms with Crippen LogP contribution >= 0.6 is 0 Å². The first kappa shape index (κ1) is 26.9. The van der Waals surface area contributed by atoms with Gasteiger partial charge in [0.15, 0.2) is 5.76 Å². The summed E-state index contributed by atoms with van der Waals surface area (Å²) in [6, 6.07) is 11.5. The molecule has 2 aromatic rings. The predicted octanol–water partition coefficient (Wildman–Crippen LogP) is 4.54. The number of carbonyl (C=O) groups excluding carboxylic acids is 3. The van der Waals surface area contributed by atoms with Crippen LogP contribution < -0.4 is 5.48 Å². The number of rotatable bonds is 11. The quantitative estimate of drug-likeness (QED) is 0.372. The molecule has 0 bridgehead atoms. The van der Waals surface area contributed by atoms with Gasteiger partial charge in [0, 0.05) is 13.0 Å². The van der Waals surface area contributed by atoms with Crippen molar-refractivity contribution in [3.63, 3.8) is 0 Å². The molecule has 0 saturated carbocycles. The van der Waals surface area contributed by atoms with Crippen LogP contribution in [-0.2, 0) is 9.59 Å². The third-order valence-electron chi connectivity index (χ3n) is 5.13. The molecule has 1 aromatic heterocycles. The monoisotopic (exact) mass is 469 g/mol. The van der Waals surface area contributed by atoms with Crippen LogP contribution in [0.2, 0.25) is 0 Å². The highest BCUT2D eigenvalue weighted by Gasteiger charge is 2.37. The van der Waals surface area contributed by atoms with Crippen LogP contribution in [0.4, 0.5) is 0 Å². The third-order valence-corrected chi connectivity index (χ3v) is 5.13. The largest absolute Gasteiger partial charge is 0.459 e. The molecule has 2 rings (SSSR count). The Bertz CT molecular complexity index is 939. The molecule has 1 aromatic carbocycles. The zero-order valence-corrected chi connectivity index (χ0v) is 20.3. The summed E-state index contributed by atoms with van der Waals surface area (Å²) in [4.78, 5) is 39.6. The second-order valence-electron chi connectivity index (χ2n) is 8.97. The van der Waals surface area contributed by atoms with Crippen LogP contribution in [0, 0.1) is 11.8 Å². The highest BCUT2D eigenvalue weighted by molar-refractivity contribution is 5.95. The van der Waals surface area contributed by atoms with E-state index in [1.165, 1.54) is 22.3 Å². The lowest BCUT2D eigenvalue weighted by Crippen LogP contribution is -2.59. The fourth-order valence-corrected chi connectivity index (χ4v) is 3.44. The van der Waals surface area contributed by atoms with E-state index in [2.05, 4.69) is 0 Å². The first-order valence-electron chi connectivity index (χ1n) is 11.6. The maximum Gasteiger partial charge on any atom is 0.308 e. The van der Waals surface area contributed by atoms with Gasteiger partial charge in [0.25, 0.3) is 5.91 Å². The van der Waals surface area contributed by atoms with Crippen molar-refractivity contribution in [2.24, 2.45) is 11.8 Å². The SMILES string of the molecule is CC(C)CCC(=O)N([C@@H](CC=Cc1ccccc1)C(=O)NO)N(CC(C)C)C(=O)c1ccco1. The smallest absolute Gasteiger partial charge is 0.308 e. The lowest BCUT2D eigenvalue weighted by atomic mass is 10.1. The summed E-state index contributed by atoms with van der Waals surface area (Å²) in [5.74, 6) is -1.37. The van der Waals surface area contributed by atoms with Crippen LogP contribution in [0.15, 0.2) is 59.2 Å². The predicted molar refractivity (Wildman–Crippen MR) is 129 cm³/mol. The molecule has 0 aliphatic heterocycles. The van der Waals surface area contributed by atoms with Crippen molar-refractivity contribution in [3.8, 4) is 0 Å². The van der Waals surface area contributed by atoms with Crippen molar-refractivity contribution in [2.75, 3.05) is 6.54 Å². The fraction of sp³-hybridized carbons (Fsp3) is 0.423. The lowest BCUT2D eigenvalue weighted by Gasteiger charge is -2.39. The van der Waals surface area contributed by atoms with E-state index >= 15 is 0 Å². The Morgan fingerprint density at radius 2 is 1.74 bits per heavy atom. The van der Waals surface area contributed by atoms with Crippen molar-refractivity contribution >= 4 is 23.8 Å². The van der Waals surface area contributed by atoms with Crippen molar-refractivity contribution in [1.82, 2.24) is 15.5 Å². The van der Waals surface area contributed by atoms with E-state index in [0.29, 0.717) is 6.42 Å². The van der Waals surface area contributed by atoms with Crippen molar-refractivity contribution in [3.05, 3.63) is 66.1 Å². The molecule has 8 heteroatoms. The number of furan rings is 1. The first-order chi connectivity index (χ1) is 16.2. The molecule has 3 amide bonds. The third kappa shape index (κ3) is 7.88. The van der Waals surface area contributed by atoms with Gasteiger partial charge in [-0.1, -0.05) is 70.2 Å². The van der Waals surface area contributed by atoms with Crippen LogP contribution in [0.25, 0.3) is 6.08 Å². The lowest BCUT2D eigenvalue weighted by molar-refractivity contribution is -0.160. The number of hydrazine groups is 1. The average Bonchev–Trinajstić information content (AvgIpc) is 3.35. The van der Waals surface area contributed by atoms with Gasteiger partial charge in [0.05, 0.1) is 6.26 Å². The normalized spacial score (nSPS) is 12.2. The molecular weight excluding hydrogens is 434 g/mol. The van der Waals surface area contributed by atoms with Crippen molar-refractivity contribution in [1.29, 1.82) is 0 Å². The van der Waals surface area contributed by atoms with E-state index in [0.717, 1.165) is 5.56 Å². The van der Waals surface area contributed by atoms with E-state index in [9.17, 15) is 19.6 Å². The Balaban J connectivity index is 2.46. The zero-order valence-electron chi connectivity index (χ0n) is 20.3. The second-order valence-corrected chi connectivity index (χ2v) is 8.97. The number of nitrogens with one attached hydrogen (secondary N) is 1. The van der Waals surface area contributed by atoms with Gasteiger partial charge in [-0.2, -0.15) is 0 Å². The molecule has 1 heterocycles. The molecule has 0 radical (unpaired) electrons. The Morgan fingerprint density at radius 1 is 1.03 bits per heavy atom. The molecule has 184 valence electrons. The average molecular weight is 470 g/mol. The first-order valence-corrected chi connectivity index (χ1v) is 11.6. The van der Waals surface area contributed by atoms with Crippen molar-refractivity contribution in [2.45, 2.75) is 53.0 Å². The number of hydrogen-bond donors (Lipinski definition) is 2. The second kappa shape index (κ2) is 13.3. The van der Waals surface area contributed by atoms with E-state index in [1.807, 2.05) is 64.1 Å². The number of hydrogen-bond acceptors (Lipinski definition) is 5. The molecule has 0 saturated heterocycles. The fourth-order valence-electron chi connectivity index (χ4n) is 3.44. The molecular formula is C26H35N3O5. The zero-order chi connectivity index (χ0) is 25.1. The highest BCUT2D eigenvalue weighted by atomic mass is 16.5. The maximum absolute atomic E-state index is 13.5. The number of nitrogens with zero attached hydrogens (tertiary/aromatic N) is 2. The Labute approximate surface area is 201 Å². The van der Waals surface area contributed by atoms with Crippen molar-refractivity contribution < 1.29 is 24.0 Å². The topological polar surface area (TPSA) is 103 Å². The molecule has 1 atom stereocenters. The summed E-state index contributed by atoms with van der Waals surface area (Å²) in [5, 5.41) is 11.9. The van der Waals surface area contributed by atoms with Gasteiger partial charge in [0.2, 0.25) is 5.91 Å². The molecule has 0 aliphatic carbocycles. The number of amides is 3. The Morgan fingerprint density at radius 3 is 2.29 bits per heavy atom. The van der Waals surface area contributed by atoms with Gasteiger partial charge < -0.3 is 4.42 Å². The van der Waals surface area contributed by atoms with E-state index in [4.69, 9.17) is 4.42 Å². The van der Waals surface area contributed by atoms with Gasteiger partial charge in [-0.15, -0.1) is 0 Å². The molecule has 34 heavy (non-hydrogen) atoms. The van der Waals surface area contributed by atoms with E-state index < -0.39 is 17.9 Å². The highest BCUT2D eigenvalue weighted by Crippen LogP contribution is 2.20. The summed E-state index contributed by atoms with van der Waals surface area (Å²) < 4.78 is 5.30. The Hall–Kier alpha value is -3.39. The summed E-state index contributed by atoms with van der Waals surface area (Å²) >= 11 is 0. The summed E-state index contributed by atoms with van der Waals surface area (Å²) in [6.45, 7) is 8.01. The van der Waals surface area contributed by atoms with Gasteiger partial charge in [-0.3, -0.25) is 19.6 Å². The Kier molecular flexibility index (Phi) is 10.5. The standard InChI is InChI=1S/C26H35N3O5/c1-19(2)15-16-24(30)29(28(18-20(3)4)26(32)23-14-9-17-34-23)22(25(31)27-33)13-8-12-21-10-6-5-7-11-21/h5-12,14,17,19-20,22,33H,13,15-16,18H2,1-4H3,(H,27,31)/t22-/m0/s1. The van der Waals surface area contributed by atoms with E-state index in [-0.39, 0.29) is 42.9 Å². The maximum atomic E-state index is 13.5. The molecule has 2 N–H and O–H groups in total. The van der Waals surface area contributed by atoms with Crippen LogP contribution in [-0.4, -0.2) is 45.5 Å². The van der Waals surface area contributed by atoms with Crippen LogP contribution in [0.3, 0.4) is 0 Å². The summed E-state index contributed by atoms with van der Waals surface area (Å²) in [6.07, 6.45) is 5.79.